The van der Waals surface area contributed by atoms with E-state index in [-0.39, 0.29) is 28.7 Å². The molecule has 2 N–H and O–H groups in total. The highest BCUT2D eigenvalue weighted by molar-refractivity contribution is 9.10. The molecule has 0 spiro atoms. The van der Waals surface area contributed by atoms with Gasteiger partial charge in [-0.15, -0.1) is 0 Å². The third-order valence-electron chi connectivity index (χ3n) is 2.34. The molecule has 0 unspecified atom stereocenters. The van der Waals surface area contributed by atoms with Gasteiger partial charge in [-0.3, -0.25) is 0 Å². The van der Waals surface area contributed by atoms with Crippen LogP contribution in [0.1, 0.15) is 23.7 Å². The van der Waals surface area contributed by atoms with Gasteiger partial charge in [-0.25, -0.2) is 18.4 Å². The van der Waals surface area contributed by atoms with Crippen LogP contribution in [0.5, 0.6) is 0 Å². The molecule has 0 aromatic heterocycles. The van der Waals surface area contributed by atoms with Gasteiger partial charge in [0.1, 0.15) is 11.5 Å². The third-order valence-corrected chi connectivity index (χ3v) is 4.25. The van der Waals surface area contributed by atoms with Crippen LogP contribution < -0.4 is 5.14 Å². The van der Waals surface area contributed by atoms with Crippen LogP contribution in [0.4, 0.5) is 0 Å². The lowest BCUT2D eigenvalue weighted by Crippen LogP contribution is -2.16. The smallest absolute Gasteiger partial charge is 0.339 e. The zero-order valence-electron chi connectivity index (χ0n) is 11.3. The molecule has 9 heteroatoms. The number of hydrogen-bond acceptors (Lipinski definition) is 5. The number of rotatable bonds is 7. The lowest BCUT2D eigenvalue weighted by atomic mass is 10.2. The van der Waals surface area contributed by atoms with Crippen LogP contribution in [0.2, 0.25) is 5.02 Å². The number of carbonyl (C=O) groups excluding carboxylic acids is 1. The minimum Gasteiger partial charge on any atom is -0.460 e. The molecule has 0 fully saturated rings. The molecule has 0 bridgehead atoms. The molecule has 0 saturated heterocycles. The van der Waals surface area contributed by atoms with Gasteiger partial charge in [0.25, 0.3) is 0 Å². The first kappa shape index (κ1) is 18.4. The second-order valence-electron chi connectivity index (χ2n) is 4.06. The molecule has 0 aliphatic rings. The van der Waals surface area contributed by atoms with Crippen molar-refractivity contribution in [1.29, 1.82) is 0 Å². The van der Waals surface area contributed by atoms with Gasteiger partial charge in [-0.1, -0.05) is 34.5 Å². The SMILES string of the molecule is CCCOCCOC(=O)c1cc(Br)cc(S(N)(=O)=O)c1Cl. The van der Waals surface area contributed by atoms with Gasteiger partial charge in [0.15, 0.2) is 0 Å². The van der Waals surface area contributed by atoms with Crippen molar-refractivity contribution in [3.8, 4) is 0 Å². The van der Waals surface area contributed by atoms with Gasteiger partial charge in [0.05, 0.1) is 17.2 Å². The number of halogens is 2. The monoisotopic (exact) mass is 399 g/mol. The second-order valence-corrected chi connectivity index (χ2v) is 6.88. The van der Waals surface area contributed by atoms with Crippen LogP contribution in [-0.4, -0.2) is 34.2 Å². The van der Waals surface area contributed by atoms with E-state index in [9.17, 15) is 13.2 Å². The summed E-state index contributed by atoms with van der Waals surface area (Å²) < 4.78 is 33.3. The molecule has 21 heavy (non-hydrogen) atoms. The number of primary sulfonamides is 1. The quantitative estimate of drug-likeness (QED) is 0.560. The highest BCUT2D eigenvalue weighted by Gasteiger charge is 2.22. The fourth-order valence-electron chi connectivity index (χ4n) is 1.44. The normalized spacial score (nSPS) is 11.4. The fraction of sp³-hybridized carbons (Fsp3) is 0.417. The standard InChI is InChI=1S/C12H15BrClNO5S/c1-2-3-19-4-5-20-12(16)9-6-8(13)7-10(11(9)14)21(15,17)18/h6-7H,2-5H2,1H3,(H2,15,17,18). The molecule has 118 valence electrons. The van der Waals surface area contributed by atoms with Gasteiger partial charge in [-0.2, -0.15) is 0 Å². The Morgan fingerprint density at radius 2 is 2.00 bits per heavy atom. The molecule has 0 heterocycles. The first-order valence-corrected chi connectivity index (χ1v) is 8.75. The van der Waals surface area contributed by atoms with E-state index in [0.29, 0.717) is 11.1 Å². The summed E-state index contributed by atoms with van der Waals surface area (Å²) in [6.45, 7) is 2.84. The molecule has 0 amide bonds. The highest BCUT2D eigenvalue weighted by atomic mass is 79.9. The van der Waals surface area contributed by atoms with Crippen LogP contribution >= 0.6 is 27.5 Å². The minimum absolute atomic E-state index is 0.0480. The third kappa shape index (κ3) is 5.55. The summed E-state index contributed by atoms with van der Waals surface area (Å²) in [5.41, 5.74) is -0.0782. The van der Waals surface area contributed by atoms with Crippen LogP contribution in [-0.2, 0) is 19.5 Å². The average Bonchev–Trinajstić information content (AvgIpc) is 2.39. The van der Waals surface area contributed by atoms with Crippen molar-refractivity contribution in [3.63, 3.8) is 0 Å². The lowest BCUT2D eigenvalue weighted by molar-refractivity contribution is 0.0318. The van der Waals surface area contributed by atoms with Crippen molar-refractivity contribution in [2.45, 2.75) is 18.2 Å². The van der Waals surface area contributed by atoms with E-state index in [4.69, 9.17) is 26.2 Å². The van der Waals surface area contributed by atoms with E-state index in [0.717, 1.165) is 6.42 Å². The van der Waals surface area contributed by atoms with Crippen LogP contribution in [0, 0.1) is 0 Å². The number of benzene rings is 1. The van der Waals surface area contributed by atoms with Crippen molar-refractivity contribution in [2.24, 2.45) is 5.14 Å². The van der Waals surface area contributed by atoms with Gasteiger partial charge in [0.2, 0.25) is 10.0 Å². The number of sulfonamides is 1. The maximum Gasteiger partial charge on any atom is 0.339 e. The molecule has 0 aliphatic carbocycles. The molecule has 0 atom stereocenters. The molecule has 0 aliphatic heterocycles. The Labute approximate surface area is 136 Å². The number of ether oxygens (including phenoxy) is 2. The van der Waals surface area contributed by atoms with E-state index >= 15 is 0 Å². The molecule has 6 nitrogen and oxygen atoms in total. The Hall–Kier alpha value is -0.670. The molecular weight excluding hydrogens is 386 g/mol. The zero-order valence-corrected chi connectivity index (χ0v) is 14.4. The maximum absolute atomic E-state index is 11.9. The first-order valence-electron chi connectivity index (χ1n) is 6.04. The minimum atomic E-state index is -4.04. The van der Waals surface area contributed by atoms with Crippen LogP contribution in [0.25, 0.3) is 0 Å². The Morgan fingerprint density at radius 3 is 2.57 bits per heavy atom. The summed E-state index contributed by atoms with van der Waals surface area (Å²) in [6.07, 6.45) is 0.864. The van der Waals surface area contributed by atoms with E-state index in [1.807, 2.05) is 6.92 Å². The summed E-state index contributed by atoms with van der Waals surface area (Å²) >= 11 is 9.01. The Bertz CT molecular complexity index is 620. The molecule has 0 radical (unpaired) electrons. The first-order chi connectivity index (χ1) is 9.77. The van der Waals surface area contributed by atoms with E-state index in [1.54, 1.807) is 0 Å². The predicted molar refractivity (Wildman–Crippen MR) is 81.9 cm³/mol. The van der Waals surface area contributed by atoms with Gasteiger partial charge < -0.3 is 9.47 Å². The van der Waals surface area contributed by atoms with E-state index in [1.165, 1.54) is 12.1 Å². The van der Waals surface area contributed by atoms with Crippen molar-refractivity contribution < 1.29 is 22.7 Å². The highest BCUT2D eigenvalue weighted by Crippen LogP contribution is 2.29. The average molecular weight is 401 g/mol. The molecule has 1 aromatic rings. The summed E-state index contributed by atoms with van der Waals surface area (Å²) in [7, 11) is -4.04. The fourth-order valence-corrected chi connectivity index (χ4v) is 3.21. The molecule has 1 rings (SSSR count). The molecule has 0 saturated carbocycles. The van der Waals surface area contributed by atoms with Crippen molar-refractivity contribution in [1.82, 2.24) is 0 Å². The molecule has 1 aromatic carbocycles. The van der Waals surface area contributed by atoms with E-state index in [2.05, 4.69) is 15.9 Å². The van der Waals surface area contributed by atoms with Crippen molar-refractivity contribution in [3.05, 3.63) is 27.2 Å². The Balaban J connectivity index is 2.88. The number of carbonyl (C=O) groups is 1. The van der Waals surface area contributed by atoms with Gasteiger partial charge in [-0.05, 0) is 18.6 Å². The molecular formula is C12H15BrClNO5S. The van der Waals surface area contributed by atoms with E-state index < -0.39 is 16.0 Å². The number of hydrogen-bond donors (Lipinski definition) is 1. The Morgan fingerprint density at radius 1 is 1.33 bits per heavy atom. The second kappa shape index (κ2) is 8.09. The predicted octanol–water partition coefficient (Wildman–Crippen LogP) is 2.33. The maximum atomic E-state index is 11.9. The summed E-state index contributed by atoms with van der Waals surface area (Å²) in [6, 6.07) is 2.59. The van der Waals surface area contributed by atoms with Crippen LogP contribution in [0.15, 0.2) is 21.5 Å². The summed E-state index contributed by atoms with van der Waals surface area (Å²) in [4.78, 5) is 11.6. The van der Waals surface area contributed by atoms with Crippen molar-refractivity contribution in [2.75, 3.05) is 19.8 Å². The summed E-state index contributed by atoms with van der Waals surface area (Å²) in [5, 5.41) is 4.78. The zero-order chi connectivity index (χ0) is 16.0. The largest absolute Gasteiger partial charge is 0.460 e. The number of esters is 1. The van der Waals surface area contributed by atoms with Gasteiger partial charge >= 0.3 is 5.97 Å². The Kier molecular flexibility index (Phi) is 7.08. The van der Waals surface area contributed by atoms with Gasteiger partial charge in [0, 0.05) is 11.1 Å². The summed E-state index contributed by atoms with van der Waals surface area (Å²) in [5.74, 6) is -0.744. The lowest BCUT2D eigenvalue weighted by Gasteiger charge is -2.10. The van der Waals surface area contributed by atoms with Crippen molar-refractivity contribution >= 4 is 43.5 Å². The van der Waals surface area contributed by atoms with Crippen LogP contribution in [0.3, 0.4) is 0 Å². The number of nitrogens with two attached hydrogens (primary N) is 1. The topological polar surface area (TPSA) is 95.7 Å².